The zero-order chi connectivity index (χ0) is 48.6. The molecule has 2 aliphatic heterocycles. The lowest BCUT2D eigenvalue weighted by atomic mass is 9.85. The van der Waals surface area contributed by atoms with Gasteiger partial charge in [0.1, 0.15) is 29.0 Å². The number of aromatic nitrogens is 5. The minimum atomic E-state index is -1.02. The van der Waals surface area contributed by atoms with E-state index in [0.29, 0.717) is 11.6 Å². The van der Waals surface area contributed by atoms with Gasteiger partial charge in [0.15, 0.2) is 12.4 Å². The first kappa shape index (κ1) is 47.8. The number of hydrogen-bond acceptors (Lipinski definition) is 14. The lowest BCUT2D eigenvalue weighted by molar-refractivity contribution is -0.144. The Morgan fingerprint density at radius 1 is 0.897 bits per heavy atom. The van der Waals surface area contributed by atoms with Crippen LogP contribution in [-0.4, -0.2) is 103 Å². The topological polar surface area (TPSA) is 203 Å². The highest BCUT2D eigenvalue weighted by molar-refractivity contribution is 7.15. The minimum Gasteiger partial charge on any atom is -0.469 e. The largest absolute Gasteiger partial charge is 0.469 e. The third-order valence-electron chi connectivity index (χ3n) is 12.5. The Bertz CT molecular complexity index is 2880. The molecule has 0 spiro atoms. The van der Waals surface area contributed by atoms with Gasteiger partial charge in [0, 0.05) is 46.8 Å². The summed E-state index contributed by atoms with van der Waals surface area (Å²) in [5.74, 6) is -0.303. The Balaban J connectivity index is 0.905. The Morgan fingerprint density at radius 3 is 2.24 bits per heavy atom. The molecule has 3 amide bonds. The molecule has 8 rings (SSSR count). The zero-order valence-corrected chi connectivity index (χ0v) is 41.1. The Labute approximate surface area is 402 Å². The van der Waals surface area contributed by atoms with E-state index in [1.54, 1.807) is 34.9 Å². The van der Waals surface area contributed by atoms with Gasteiger partial charge in [0.25, 0.3) is 5.91 Å². The molecular formula is C50H55N9O7S2. The Kier molecular flexibility index (Phi) is 13.7. The van der Waals surface area contributed by atoms with Gasteiger partial charge in [-0.15, -0.1) is 32.9 Å². The smallest absolute Gasteiger partial charge is 0.308 e. The SMILES string of the molecule is COC(=O)C[C@@H]1N=C(c2ccc(-c3ccc(OCC(=O)NC(C(=O)N4C[C@H](O)C[C@H]4C(=O)N[C@@H](C)c4ccc(-c5scnc5C)cc4)C(C)(C)C)nc3)cc2)c2c(sc(C)c2C)-n2c(C)nnc21. The number of methoxy groups -OCH3 is 1. The van der Waals surface area contributed by atoms with E-state index in [4.69, 9.17) is 14.5 Å². The number of thiazole rings is 1. The standard InChI is InChI=1S/C50H55N9O7S2/c1-26-29(4)68-49-42(26)43(54-37(21-41(62)65-9)46-57-56-30(5)59(46)49)33-14-12-32(13-15-33)35-18-19-40(51-22-35)66-24-39(61)55-45(50(6,7)8)48(64)58-23-36(60)20-38(58)47(63)53-27(2)31-10-16-34(17-11-31)44-28(3)52-25-67-44/h10-19,22,25,27,36-38,45,60H,20-21,23-24H2,1-9H3,(H,53,63)(H,55,61)/t27-,36+,37-,38-,45?/m0/s1. The maximum Gasteiger partial charge on any atom is 0.308 e. The van der Waals surface area contributed by atoms with Gasteiger partial charge in [-0.05, 0) is 68.4 Å². The molecule has 4 aromatic heterocycles. The molecule has 0 radical (unpaired) electrons. The Morgan fingerprint density at radius 2 is 1.59 bits per heavy atom. The van der Waals surface area contributed by atoms with Crippen molar-refractivity contribution in [3.8, 4) is 32.4 Å². The van der Waals surface area contributed by atoms with Crippen LogP contribution < -0.4 is 15.4 Å². The normalized spacial score (nSPS) is 17.6. The number of nitrogens with one attached hydrogen (secondary N) is 2. The van der Waals surface area contributed by atoms with Gasteiger partial charge in [-0.2, -0.15) is 0 Å². The number of aryl methyl sites for hydroxylation is 3. The number of carbonyl (C=O) groups excluding carboxylic acids is 4. The molecule has 3 N–H and O–H groups in total. The number of amides is 3. The maximum absolute atomic E-state index is 14.2. The summed E-state index contributed by atoms with van der Waals surface area (Å²) in [6.45, 7) is 14.9. The van der Waals surface area contributed by atoms with Crippen molar-refractivity contribution in [2.75, 3.05) is 20.3 Å². The highest BCUT2D eigenvalue weighted by Crippen LogP contribution is 2.40. The van der Waals surface area contributed by atoms with Crippen LogP contribution in [-0.2, 0) is 23.9 Å². The first-order valence-electron chi connectivity index (χ1n) is 22.4. The van der Waals surface area contributed by atoms with E-state index in [-0.39, 0.29) is 37.2 Å². The Hall–Kier alpha value is -6.63. The van der Waals surface area contributed by atoms with Gasteiger partial charge >= 0.3 is 5.97 Å². The first-order chi connectivity index (χ1) is 32.4. The maximum atomic E-state index is 14.2. The fourth-order valence-electron chi connectivity index (χ4n) is 8.58. The third kappa shape index (κ3) is 9.84. The molecule has 6 heterocycles. The number of carbonyl (C=O) groups is 4. The number of hydrogen-bond donors (Lipinski definition) is 3. The van der Waals surface area contributed by atoms with Crippen LogP contribution in [0.1, 0.15) is 97.1 Å². The number of aliphatic imine (C=N–C) groups is 1. The van der Waals surface area contributed by atoms with Crippen LogP contribution in [0.25, 0.3) is 26.6 Å². The number of rotatable bonds is 13. The van der Waals surface area contributed by atoms with Crippen LogP contribution >= 0.6 is 22.7 Å². The molecule has 0 saturated carbocycles. The highest BCUT2D eigenvalue weighted by atomic mass is 32.1. The number of pyridine rings is 1. The van der Waals surface area contributed by atoms with Crippen molar-refractivity contribution in [1.82, 2.24) is 40.3 Å². The lowest BCUT2D eigenvalue weighted by Crippen LogP contribution is -2.58. The number of nitrogens with zero attached hydrogens (tertiary/aromatic N) is 7. The van der Waals surface area contributed by atoms with Gasteiger partial charge in [0.05, 0.1) is 47.5 Å². The van der Waals surface area contributed by atoms with Crippen LogP contribution in [0, 0.1) is 33.1 Å². The van der Waals surface area contributed by atoms with Gasteiger partial charge in [-0.25, -0.2) is 9.97 Å². The van der Waals surface area contributed by atoms with E-state index < -0.39 is 54.0 Å². The summed E-state index contributed by atoms with van der Waals surface area (Å²) < 4.78 is 12.8. The predicted molar refractivity (Wildman–Crippen MR) is 260 cm³/mol. The van der Waals surface area contributed by atoms with E-state index in [1.165, 1.54) is 12.0 Å². The van der Waals surface area contributed by atoms with Crippen molar-refractivity contribution in [3.05, 3.63) is 117 Å². The molecular weight excluding hydrogens is 903 g/mol. The summed E-state index contributed by atoms with van der Waals surface area (Å²) in [6.07, 6.45) is 0.833. The second-order valence-electron chi connectivity index (χ2n) is 18.3. The average molecular weight is 958 g/mol. The average Bonchev–Trinajstić information content (AvgIpc) is 4.09. The van der Waals surface area contributed by atoms with E-state index in [2.05, 4.69) is 44.6 Å². The third-order valence-corrected chi connectivity index (χ3v) is 14.6. The number of aliphatic hydroxyl groups is 1. The molecule has 16 nitrogen and oxygen atoms in total. The van der Waals surface area contributed by atoms with Crippen molar-refractivity contribution < 1.29 is 33.8 Å². The van der Waals surface area contributed by atoms with Gasteiger partial charge in [-0.1, -0.05) is 69.3 Å². The van der Waals surface area contributed by atoms with Crippen molar-refractivity contribution in [2.45, 2.75) is 98.5 Å². The number of β-amino-alcohol motifs (C(OH)–C–C–N with tert-alkyl or cyclic N) is 1. The number of esters is 1. The van der Waals surface area contributed by atoms with Crippen molar-refractivity contribution >= 4 is 52.1 Å². The van der Waals surface area contributed by atoms with E-state index in [1.807, 2.05) is 106 Å². The molecule has 354 valence electrons. The molecule has 1 saturated heterocycles. The molecule has 6 aromatic rings. The zero-order valence-electron chi connectivity index (χ0n) is 39.5. The van der Waals surface area contributed by atoms with Crippen LogP contribution in [0.5, 0.6) is 5.88 Å². The summed E-state index contributed by atoms with van der Waals surface area (Å²) in [6, 6.07) is 16.4. The van der Waals surface area contributed by atoms with Gasteiger partial charge in [-0.3, -0.25) is 28.7 Å². The second-order valence-corrected chi connectivity index (χ2v) is 20.4. The molecule has 68 heavy (non-hydrogen) atoms. The molecule has 2 aliphatic rings. The fraction of sp³-hybridized carbons (Fsp3) is 0.380. The molecule has 0 bridgehead atoms. The number of thiophene rings is 1. The summed E-state index contributed by atoms with van der Waals surface area (Å²) >= 11 is 3.21. The summed E-state index contributed by atoms with van der Waals surface area (Å²) in [7, 11) is 1.36. The van der Waals surface area contributed by atoms with Crippen LogP contribution in [0.15, 0.2) is 77.4 Å². The van der Waals surface area contributed by atoms with Gasteiger partial charge < -0.3 is 30.1 Å². The van der Waals surface area contributed by atoms with E-state index in [9.17, 15) is 24.3 Å². The van der Waals surface area contributed by atoms with Gasteiger partial charge in [0.2, 0.25) is 17.7 Å². The highest BCUT2D eigenvalue weighted by Gasteiger charge is 2.45. The summed E-state index contributed by atoms with van der Waals surface area (Å²) in [5.41, 5.74) is 9.31. The number of aliphatic hydroxyl groups excluding tert-OH is 1. The first-order valence-corrected chi connectivity index (χ1v) is 24.1. The number of likely N-dealkylation sites (tertiary alicyclic amines) is 1. The molecule has 1 unspecified atom stereocenters. The van der Waals surface area contributed by atoms with Crippen LogP contribution in [0.3, 0.4) is 0 Å². The summed E-state index contributed by atoms with van der Waals surface area (Å²) in [4.78, 5) is 71.4. The fourth-order valence-corrected chi connectivity index (χ4v) is 10.6. The minimum absolute atomic E-state index is 0.0105. The molecule has 18 heteroatoms. The predicted octanol–water partition coefficient (Wildman–Crippen LogP) is 6.95. The molecule has 5 atom stereocenters. The van der Waals surface area contributed by atoms with Crippen LogP contribution in [0.4, 0.5) is 0 Å². The lowest BCUT2D eigenvalue weighted by Gasteiger charge is -2.35. The number of fused-ring (bicyclic) bond motifs is 3. The quantitative estimate of drug-likeness (QED) is 0.101. The van der Waals surface area contributed by atoms with Crippen molar-refractivity contribution in [2.24, 2.45) is 10.4 Å². The monoisotopic (exact) mass is 957 g/mol. The molecule has 0 aliphatic carbocycles. The van der Waals surface area contributed by atoms with Crippen LogP contribution in [0.2, 0.25) is 0 Å². The van der Waals surface area contributed by atoms with E-state index in [0.717, 1.165) is 65.1 Å². The summed E-state index contributed by atoms with van der Waals surface area (Å²) in [5, 5.41) is 26.3. The molecule has 2 aromatic carbocycles. The van der Waals surface area contributed by atoms with Crippen molar-refractivity contribution in [1.29, 1.82) is 0 Å². The van der Waals surface area contributed by atoms with E-state index >= 15 is 0 Å². The number of benzene rings is 2. The molecule has 1 fully saturated rings. The number of ether oxygens (including phenoxy) is 2. The van der Waals surface area contributed by atoms with Crippen molar-refractivity contribution in [3.63, 3.8) is 0 Å². The second kappa shape index (κ2) is 19.5.